The molecule has 4 nitrogen and oxygen atoms in total. The number of fused-ring (bicyclic) bond motifs is 1. The van der Waals surface area contributed by atoms with Gasteiger partial charge in [-0.15, -0.1) is 17.9 Å². The van der Waals surface area contributed by atoms with Gasteiger partial charge in [0.1, 0.15) is 4.88 Å². The van der Waals surface area contributed by atoms with Crippen LogP contribution in [-0.2, 0) is 22.4 Å². The van der Waals surface area contributed by atoms with Crippen molar-refractivity contribution >= 4 is 23.2 Å². The van der Waals surface area contributed by atoms with Crippen molar-refractivity contribution < 1.29 is 14.3 Å². The molecule has 1 aliphatic carbocycles. The number of hydrogen-bond donors (Lipinski definition) is 1. The fourth-order valence-electron chi connectivity index (χ4n) is 2.02. The molecule has 0 saturated carbocycles. The number of thiophene rings is 1. The van der Waals surface area contributed by atoms with Crippen LogP contribution in [0.4, 0.5) is 0 Å². The van der Waals surface area contributed by atoms with Crippen LogP contribution in [-0.4, -0.2) is 24.5 Å². The molecule has 1 heterocycles. The van der Waals surface area contributed by atoms with Crippen molar-refractivity contribution in [2.24, 2.45) is 0 Å². The fourth-order valence-corrected chi connectivity index (χ4v) is 3.15. The molecule has 2 rings (SSSR count). The van der Waals surface area contributed by atoms with Crippen LogP contribution < -0.4 is 5.32 Å². The predicted octanol–water partition coefficient (Wildman–Crippen LogP) is 2.08. The number of carbonyl (C=O) groups excluding carboxylic acids is 2. The molecule has 102 valence electrons. The molecule has 19 heavy (non-hydrogen) atoms. The van der Waals surface area contributed by atoms with Gasteiger partial charge in [0.25, 0.3) is 5.91 Å². The highest BCUT2D eigenvalue weighted by Gasteiger charge is 2.22. The minimum absolute atomic E-state index is 0.308. The number of ether oxygens (including phenoxy) is 1. The van der Waals surface area contributed by atoms with E-state index in [1.165, 1.54) is 21.8 Å². The largest absolute Gasteiger partial charge is 0.448 e. The first-order chi connectivity index (χ1) is 9.11. The lowest BCUT2D eigenvalue weighted by atomic mass is 10.2. The quantitative estimate of drug-likeness (QED) is 0.663. The van der Waals surface area contributed by atoms with Gasteiger partial charge < -0.3 is 10.1 Å². The summed E-state index contributed by atoms with van der Waals surface area (Å²) in [5.74, 6) is -0.724. The normalized spacial score (nSPS) is 14.6. The summed E-state index contributed by atoms with van der Waals surface area (Å²) in [6.07, 6.45) is 4.04. The standard InChI is InChI=1S/C14H17NO3S/c1-3-7-15-13(16)9(2)18-14(17)12-8-10-5-4-6-11(10)19-12/h3,8-9H,1,4-7H2,2H3,(H,15,16)/t9-/m1/s1. The Morgan fingerprint density at radius 3 is 3.05 bits per heavy atom. The Hall–Kier alpha value is -1.62. The Morgan fingerprint density at radius 2 is 2.37 bits per heavy atom. The molecule has 0 aromatic carbocycles. The Morgan fingerprint density at radius 1 is 1.58 bits per heavy atom. The molecule has 1 N–H and O–H groups in total. The number of nitrogens with one attached hydrogen (secondary N) is 1. The highest BCUT2D eigenvalue weighted by atomic mass is 32.1. The second-order valence-electron chi connectivity index (χ2n) is 4.49. The molecular formula is C14H17NO3S. The van der Waals surface area contributed by atoms with Crippen LogP contribution in [0.2, 0.25) is 0 Å². The van der Waals surface area contributed by atoms with Crippen molar-refractivity contribution in [2.75, 3.05) is 6.54 Å². The molecule has 0 fully saturated rings. The second kappa shape index (κ2) is 6.02. The summed E-state index contributed by atoms with van der Waals surface area (Å²) in [6.45, 7) is 5.44. The SMILES string of the molecule is C=CCNC(=O)[C@@H](C)OC(=O)c1cc2c(s1)CCC2. The van der Waals surface area contributed by atoms with E-state index in [9.17, 15) is 9.59 Å². The minimum Gasteiger partial charge on any atom is -0.448 e. The van der Waals surface area contributed by atoms with Gasteiger partial charge in [-0.05, 0) is 37.8 Å². The molecule has 1 atom stereocenters. The van der Waals surface area contributed by atoms with E-state index in [-0.39, 0.29) is 5.91 Å². The molecule has 0 aliphatic heterocycles. The lowest BCUT2D eigenvalue weighted by molar-refractivity contribution is -0.128. The van der Waals surface area contributed by atoms with Crippen molar-refractivity contribution in [1.82, 2.24) is 5.32 Å². The molecule has 1 aromatic rings. The first kappa shape index (κ1) is 13.8. The molecular weight excluding hydrogens is 262 g/mol. The Labute approximate surface area is 116 Å². The number of hydrogen-bond acceptors (Lipinski definition) is 4. The zero-order chi connectivity index (χ0) is 13.8. The molecule has 0 saturated heterocycles. The summed E-state index contributed by atoms with van der Waals surface area (Å²) >= 11 is 1.48. The van der Waals surface area contributed by atoms with Gasteiger partial charge in [-0.2, -0.15) is 0 Å². The second-order valence-corrected chi connectivity index (χ2v) is 5.63. The van der Waals surface area contributed by atoms with Crippen LogP contribution in [0.1, 0.15) is 33.5 Å². The molecule has 1 aromatic heterocycles. The van der Waals surface area contributed by atoms with Crippen molar-refractivity contribution in [1.29, 1.82) is 0 Å². The number of carbonyl (C=O) groups is 2. The van der Waals surface area contributed by atoms with Crippen LogP contribution >= 0.6 is 11.3 Å². The van der Waals surface area contributed by atoms with Crippen molar-refractivity contribution in [3.8, 4) is 0 Å². The summed E-state index contributed by atoms with van der Waals surface area (Å²) in [5.41, 5.74) is 1.25. The average molecular weight is 279 g/mol. The maximum atomic E-state index is 11.9. The van der Waals surface area contributed by atoms with Crippen molar-refractivity contribution in [2.45, 2.75) is 32.3 Å². The van der Waals surface area contributed by atoms with E-state index in [4.69, 9.17) is 4.74 Å². The minimum atomic E-state index is -0.788. The molecule has 0 unspecified atom stereocenters. The van der Waals surface area contributed by atoms with Crippen LogP contribution in [0.25, 0.3) is 0 Å². The van der Waals surface area contributed by atoms with Crippen LogP contribution in [0.15, 0.2) is 18.7 Å². The smallest absolute Gasteiger partial charge is 0.349 e. The average Bonchev–Trinajstić information content (AvgIpc) is 2.96. The Kier molecular flexibility index (Phi) is 4.37. The lowest BCUT2D eigenvalue weighted by Crippen LogP contribution is -2.35. The molecule has 5 heteroatoms. The monoisotopic (exact) mass is 279 g/mol. The zero-order valence-electron chi connectivity index (χ0n) is 10.9. The van der Waals surface area contributed by atoms with E-state index in [0.29, 0.717) is 11.4 Å². The van der Waals surface area contributed by atoms with Crippen molar-refractivity contribution in [3.63, 3.8) is 0 Å². The van der Waals surface area contributed by atoms with Gasteiger partial charge in [0.15, 0.2) is 6.10 Å². The summed E-state index contributed by atoms with van der Waals surface area (Å²) in [5, 5.41) is 2.60. The summed E-state index contributed by atoms with van der Waals surface area (Å²) in [6, 6.07) is 1.89. The number of esters is 1. The van der Waals surface area contributed by atoms with E-state index >= 15 is 0 Å². The lowest BCUT2D eigenvalue weighted by Gasteiger charge is -2.11. The summed E-state index contributed by atoms with van der Waals surface area (Å²) in [4.78, 5) is 25.4. The maximum Gasteiger partial charge on any atom is 0.349 e. The van der Waals surface area contributed by atoms with Crippen LogP contribution in [0.5, 0.6) is 0 Å². The van der Waals surface area contributed by atoms with Crippen molar-refractivity contribution in [3.05, 3.63) is 34.0 Å². The number of rotatable bonds is 5. The maximum absolute atomic E-state index is 11.9. The topological polar surface area (TPSA) is 55.4 Å². The highest BCUT2D eigenvalue weighted by molar-refractivity contribution is 7.14. The van der Waals surface area contributed by atoms with E-state index in [0.717, 1.165) is 19.3 Å². The molecule has 0 bridgehead atoms. The van der Waals surface area contributed by atoms with E-state index in [1.807, 2.05) is 6.07 Å². The van der Waals surface area contributed by atoms with Crippen LogP contribution in [0, 0.1) is 0 Å². The van der Waals surface area contributed by atoms with E-state index in [2.05, 4.69) is 11.9 Å². The Balaban J connectivity index is 1.92. The third kappa shape index (κ3) is 3.23. The summed E-state index contributed by atoms with van der Waals surface area (Å²) < 4.78 is 5.16. The van der Waals surface area contributed by atoms with E-state index < -0.39 is 12.1 Å². The fraction of sp³-hybridized carbons (Fsp3) is 0.429. The van der Waals surface area contributed by atoms with Gasteiger partial charge in [-0.3, -0.25) is 4.79 Å². The van der Waals surface area contributed by atoms with E-state index in [1.54, 1.807) is 13.0 Å². The Bertz CT molecular complexity index is 485. The van der Waals surface area contributed by atoms with Gasteiger partial charge in [0.2, 0.25) is 0 Å². The first-order valence-corrected chi connectivity index (χ1v) is 7.14. The third-order valence-corrected chi connectivity index (χ3v) is 4.24. The molecule has 0 radical (unpaired) electrons. The molecule has 0 spiro atoms. The van der Waals surface area contributed by atoms with Gasteiger partial charge in [0.05, 0.1) is 0 Å². The van der Waals surface area contributed by atoms with Gasteiger partial charge in [0, 0.05) is 11.4 Å². The van der Waals surface area contributed by atoms with Crippen LogP contribution in [0.3, 0.4) is 0 Å². The van der Waals surface area contributed by atoms with Gasteiger partial charge in [-0.1, -0.05) is 6.08 Å². The summed E-state index contributed by atoms with van der Waals surface area (Å²) in [7, 11) is 0. The van der Waals surface area contributed by atoms with Gasteiger partial charge >= 0.3 is 5.97 Å². The number of amides is 1. The highest BCUT2D eigenvalue weighted by Crippen LogP contribution is 2.31. The van der Waals surface area contributed by atoms with Gasteiger partial charge in [-0.25, -0.2) is 4.79 Å². The molecule has 1 aliphatic rings. The predicted molar refractivity (Wildman–Crippen MR) is 74.4 cm³/mol. The first-order valence-electron chi connectivity index (χ1n) is 6.33. The molecule has 1 amide bonds. The number of aryl methyl sites for hydroxylation is 2. The third-order valence-electron chi connectivity index (χ3n) is 3.02. The zero-order valence-corrected chi connectivity index (χ0v) is 11.7.